The van der Waals surface area contributed by atoms with Crippen LogP contribution < -0.4 is 0 Å². The van der Waals surface area contributed by atoms with Crippen LogP contribution >= 0.6 is 7.60 Å². The molecule has 0 saturated heterocycles. The second kappa shape index (κ2) is 6.83. The highest BCUT2D eigenvalue weighted by atomic mass is 31.2. The molecule has 2 N–H and O–H groups in total. The van der Waals surface area contributed by atoms with Crippen LogP contribution in [-0.4, -0.2) is 22.1 Å². The zero-order chi connectivity index (χ0) is 9.07. The van der Waals surface area contributed by atoms with Gasteiger partial charge in [-0.25, -0.2) is 4.79 Å². The van der Waals surface area contributed by atoms with Gasteiger partial charge in [0.1, 0.15) is 0 Å². The fraction of sp³-hybridized carbons (Fsp3) is 0.571. The molecule has 0 atom stereocenters. The lowest BCUT2D eigenvalue weighted by molar-refractivity contribution is -0.137. The van der Waals surface area contributed by atoms with E-state index < -0.39 is 19.9 Å². The Morgan fingerprint density at radius 3 is 2.08 bits per heavy atom. The smallest absolute Gasteiger partial charge is 0.362 e. The molecule has 0 aromatic heterocycles. The van der Waals surface area contributed by atoms with E-state index in [2.05, 4.69) is 11.3 Å². The van der Waals surface area contributed by atoms with E-state index >= 15 is 0 Å². The van der Waals surface area contributed by atoms with Crippen LogP contribution in [-0.2, 0) is 14.1 Å². The van der Waals surface area contributed by atoms with Crippen molar-refractivity contribution in [1.82, 2.24) is 0 Å². The molecule has 0 aromatic rings. The lowest BCUT2D eigenvalue weighted by atomic mass is 10.4. The second-order valence-electron chi connectivity index (χ2n) is 2.01. The summed E-state index contributed by atoms with van der Waals surface area (Å²) in [6, 6.07) is 0. The zero-order valence-electron chi connectivity index (χ0n) is 5.98. The Hall–Kier alpha value is -0.640. The Kier molecular flexibility index (Phi) is 9.57. The third kappa shape index (κ3) is 11.4. The van der Waals surface area contributed by atoms with E-state index in [1.165, 1.54) is 6.92 Å². The summed E-state index contributed by atoms with van der Waals surface area (Å²) in [6.45, 7) is 4.62. The summed E-state index contributed by atoms with van der Waals surface area (Å²) in [4.78, 5) is 27.0. The van der Waals surface area contributed by atoms with Crippen molar-refractivity contribution >= 4 is 13.6 Å². The van der Waals surface area contributed by atoms with Gasteiger partial charge in [-0.2, -0.15) is 0 Å². The van der Waals surface area contributed by atoms with Crippen molar-refractivity contribution in [2.75, 3.05) is 6.35 Å². The van der Waals surface area contributed by atoms with Crippen LogP contribution in [0.1, 0.15) is 21.8 Å². The van der Waals surface area contributed by atoms with E-state index in [9.17, 15) is 9.36 Å². The summed E-state index contributed by atoms with van der Waals surface area (Å²) < 4.78 is 14.3. The van der Waals surface area contributed by atoms with Crippen molar-refractivity contribution in [1.29, 1.82) is 0 Å². The van der Waals surface area contributed by atoms with Crippen molar-refractivity contribution in [2.24, 2.45) is 0 Å². The average molecular weight is 212 g/mol. The molecule has 0 aliphatic rings. The van der Waals surface area contributed by atoms with Gasteiger partial charge in [0.2, 0.25) is 0 Å². The molecule has 0 aliphatic carbocycles. The molecule has 5 nitrogen and oxygen atoms in total. The van der Waals surface area contributed by atoms with E-state index in [4.69, 9.17) is 9.79 Å². The lowest BCUT2D eigenvalue weighted by Crippen LogP contribution is -2.06. The van der Waals surface area contributed by atoms with Crippen LogP contribution in [0.4, 0.5) is 0 Å². The Bertz CT molecular complexity index is 217. The van der Waals surface area contributed by atoms with Gasteiger partial charge in [0.15, 0.2) is 6.35 Å². The fourth-order valence-corrected chi connectivity index (χ4v) is 0.551. The summed E-state index contributed by atoms with van der Waals surface area (Å²) in [6.07, 6.45) is -0.890. The number of carbonyl (C=O) groups is 1. The van der Waals surface area contributed by atoms with E-state index in [0.29, 0.717) is 0 Å². The molecular weight excluding hydrogens is 195 g/mol. The predicted octanol–water partition coefficient (Wildman–Crippen LogP) is 1.51. The quantitative estimate of drug-likeness (QED) is 0.421. The summed E-state index contributed by atoms with van der Waals surface area (Å²) in [5.41, 5.74) is 0.110. The maximum atomic E-state index is 10.5. The molecule has 0 unspecified atom stereocenters. The van der Waals surface area contributed by atoms with E-state index in [-0.39, 0.29) is 20.4 Å². The highest BCUT2D eigenvalue weighted by molar-refractivity contribution is 7.51. The van der Waals surface area contributed by atoms with Crippen LogP contribution in [0.5, 0.6) is 0 Å². The molecule has 0 spiro atoms. The van der Waals surface area contributed by atoms with Crippen molar-refractivity contribution in [3.63, 3.8) is 0 Å². The molecule has 0 fully saturated rings. The zero-order valence-corrected chi connectivity index (χ0v) is 6.88. The fourth-order valence-electron chi connectivity index (χ4n) is 0.266. The first kappa shape index (κ1) is 18.2. The van der Waals surface area contributed by atoms with Gasteiger partial charge in [0.05, 0.1) is 0 Å². The monoisotopic (exact) mass is 212 g/mol. The Balaban J connectivity index is -0.000000500. The van der Waals surface area contributed by atoms with Gasteiger partial charge in [0, 0.05) is 5.57 Å². The second-order valence-corrected chi connectivity index (χ2v) is 3.59. The molecule has 0 amide bonds. The standard InChI is InChI=1S/C5H9O5P.2CH4/c1-4(2)5(6)10-3-11(7,8)9;;/h1,3H2,2H3,(H2,7,8,9);2*1H4. The summed E-state index contributed by atoms with van der Waals surface area (Å²) in [5, 5.41) is 0. The third-order valence-corrected chi connectivity index (χ3v) is 1.18. The average Bonchev–Trinajstić information content (AvgIpc) is 1.80. The van der Waals surface area contributed by atoms with E-state index in [1.54, 1.807) is 0 Å². The highest BCUT2D eigenvalue weighted by Gasteiger charge is 2.16. The van der Waals surface area contributed by atoms with Crippen LogP contribution in [0.25, 0.3) is 0 Å². The molecule has 80 valence electrons. The highest BCUT2D eigenvalue weighted by Crippen LogP contribution is 2.33. The molecule has 0 saturated carbocycles. The van der Waals surface area contributed by atoms with E-state index in [1.807, 2.05) is 0 Å². The number of ether oxygens (including phenoxy) is 1. The van der Waals surface area contributed by atoms with Crippen molar-refractivity contribution in [3.8, 4) is 0 Å². The van der Waals surface area contributed by atoms with Crippen molar-refractivity contribution in [3.05, 3.63) is 12.2 Å². The van der Waals surface area contributed by atoms with Crippen LogP contribution in [0, 0.1) is 0 Å². The van der Waals surface area contributed by atoms with Gasteiger partial charge >= 0.3 is 13.6 Å². The maximum absolute atomic E-state index is 10.5. The van der Waals surface area contributed by atoms with Gasteiger partial charge in [-0.15, -0.1) is 0 Å². The molecule has 0 aromatic carbocycles. The Morgan fingerprint density at radius 2 is 1.85 bits per heavy atom. The van der Waals surface area contributed by atoms with E-state index in [0.717, 1.165) is 0 Å². The first-order chi connectivity index (χ1) is 4.83. The lowest BCUT2D eigenvalue weighted by Gasteiger charge is -2.04. The van der Waals surface area contributed by atoms with Gasteiger partial charge in [0.25, 0.3) is 0 Å². The van der Waals surface area contributed by atoms with Gasteiger partial charge in [-0.1, -0.05) is 21.4 Å². The Labute approximate surface area is 78.6 Å². The largest absolute Gasteiger partial charge is 0.449 e. The molecule has 6 heteroatoms. The molecule has 0 heterocycles. The van der Waals surface area contributed by atoms with Crippen molar-refractivity contribution in [2.45, 2.75) is 21.8 Å². The first-order valence-electron chi connectivity index (χ1n) is 2.70. The molecular formula is C7H17O5P. The minimum atomic E-state index is -4.24. The first-order valence-corrected chi connectivity index (χ1v) is 4.50. The van der Waals surface area contributed by atoms with Gasteiger partial charge in [-0.05, 0) is 6.92 Å². The topological polar surface area (TPSA) is 83.8 Å². The number of carbonyl (C=O) groups excluding carboxylic acids is 1. The van der Waals surface area contributed by atoms with Crippen LogP contribution in [0.2, 0.25) is 0 Å². The Morgan fingerprint density at radius 1 is 1.46 bits per heavy atom. The maximum Gasteiger partial charge on any atom is 0.362 e. The minimum Gasteiger partial charge on any atom is -0.449 e. The molecule has 0 bridgehead atoms. The summed E-state index contributed by atoms with van der Waals surface area (Å²) in [5.74, 6) is -0.798. The molecule has 13 heavy (non-hydrogen) atoms. The van der Waals surface area contributed by atoms with Gasteiger partial charge < -0.3 is 14.5 Å². The third-order valence-electron chi connectivity index (χ3n) is 0.712. The number of hydrogen-bond donors (Lipinski definition) is 2. The number of rotatable bonds is 3. The predicted molar refractivity (Wildman–Crippen MR) is 51.3 cm³/mol. The molecule has 0 rings (SSSR count). The molecule has 0 aliphatic heterocycles. The SMILES string of the molecule is C.C.C=C(C)C(=O)OCP(=O)(O)O. The normalized spacial score (nSPS) is 9.15. The number of hydrogen-bond acceptors (Lipinski definition) is 3. The molecule has 0 radical (unpaired) electrons. The van der Waals surface area contributed by atoms with Crippen molar-refractivity contribution < 1.29 is 23.9 Å². The summed E-state index contributed by atoms with van der Waals surface area (Å²) in [7, 11) is -4.24. The van der Waals surface area contributed by atoms with Crippen LogP contribution in [0.3, 0.4) is 0 Å². The van der Waals surface area contributed by atoms with Crippen LogP contribution in [0.15, 0.2) is 12.2 Å². The number of esters is 1. The van der Waals surface area contributed by atoms with Gasteiger partial charge in [-0.3, -0.25) is 4.57 Å². The minimum absolute atomic E-state index is 0. The summed E-state index contributed by atoms with van der Waals surface area (Å²) >= 11 is 0.